The van der Waals surface area contributed by atoms with Gasteiger partial charge in [0.1, 0.15) is 12.4 Å². The number of ether oxygens (including phenoxy) is 1. The normalized spacial score (nSPS) is 19.4. The summed E-state index contributed by atoms with van der Waals surface area (Å²) in [6.45, 7) is 4.76. The lowest BCUT2D eigenvalue weighted by Crippen LogP contribution is -2.29. The quantitative estimate of drug-likeness (QED) is 0.805. The minimum atomic E-state index is -0.335. The zero-order chi connectivity index (χ0) is 16.1. The fraction of sp³-hybridized carbons (Fsp3) is 0.500. The molecule has 2 rings (SSSR count). The first-order chi connectivity index (χ1) is 10.4. The van der Waals surface area contributed by atoms with Gasteiger partial charge in [0.15, 0.2) is 0 Å². The Kier molecular flexibility index (Phi) is 5.85. The summed E-state index contributed by atoms with van der Waals surface area (Å²) in [5.41, 5.74) is 6.99. The molecule has 1 fully saturated rings. The summed E-state index contributed by atoms with van der Waals surface area (Å²) in [6, 6.07) is 7.61. The number of carbonyl (C=O) groups is 2. The van der Waals surface area contributed by atoms with Crippen molar-refractivity contribution >= 4 is 22.9 Å². The Morgan fingerprint density at radius 2 is 1.95 bits per heavy atom. The molecule has 1 aromatic carbocycles. The van der Waals surface area contributed by atoms with E-state index in [-0.39, 0.29) is 22.4 Å². The van der Waals surface area contributed by atoms with Crippen LogP contribution in [0.15, 0.2) is 24.3 Å². The number of imide groups is 1. The van der Waals surface area contributed by atoms with Gasteiger partial charge in [-0.25, -0.2) is 0 Å². The van der Waals surface area contributed by atoms with Crippen molar-refractivity contribution in [1.82, 2.24) is 5.32 Å². The fourth-order valence-corrected chi connectivity index (χ4v) is 3.20. The lowest BCUT2D eigenvalue weighted by Gasteiger charge is -2.15. The van der Waals surface area contributed by atoms with E-state index in [9.17, 15) is 9.59 Å². The van der Waals surface area contributed by atoms with E-state index in [2.05, 4.69) is 19.2 Å². The summed E-state index contributed by atoms with van der Waals surface area (Å²) in [5.74, 6) is 1.11. The maximum atomic E-state index is 11.5. The van der Waals surface area contributed by atoms with Crippen molar-refractivity contribution in [1.29, 1.82) is 0 Å². The van der Waals surface area contributed by atoms with E-state index in [0.717, 1.165) is 29.5 Å². The molecule has 1 heterocycles. The van der Waals surface area contributed by atoms with Gasteiger partial charge in [0.2, 0.25) is 5.91 Å². The van der Waals surface area contributed by atoms with Crippen molar-refractivity contribution < 1.29 is 14.3 Å². The van der Waals surface area contributed by atoms with Crippen molar-refractivity contribution in [3.05, 3.63) is 29.8 Å². The lowest BCUT2D eigenvalue weighted by atomic mass is 10.1. The molecule has 1 aliphatic heterocycles. The molecule has 0 aromatic heterocycles. The number of carbonyl (C=O) groups excluding carboxylic acids is 2. The molecule has 5 nitrogen and oxygen atoms in total. The molecule has 1 aromatic rings. The van der Waals surface area contributed by atoms with Crippen LogP contribution in [0.1, 0.15) is 25.8 Å². The second-order valence-electron chi connectivity index (χ2n) is 5.93. The first-order valence-electron chi connectivity index (χ1n) is 7.43. The van der Waals surface area contributed by atoms with Gasteiger partial charge in [-0.2, -0.15) is 0 Å². The molecule has 2 atom stereocenters. The summed E-state index contributed by atoms with van der Waals surface area (Å²) in [5, 5.41) is 1.69. The van der Waals surface area contributed by atoms with Gasteiger partial charge in [-0.1, -0.05) is 37.7 Å². The summed E-state index contributed by atoms with van der Waals surface area (Å²) in [7, 11) is 0. The molecule has 0 radical (unpaired) electrons. The first kappa shape index (κ1) is 16.8. The topological polar surface area (TPSA) is 81.4 Å². The van der Waals surface area contributed by atoms with Gasteiger partial charge in [-0.15, -0.1) is 0 Å². The number of hydrogen-bond acceptors (Lipinski definition) is 5. The monoisotopic (exact) mass is 322 g/mol. The van der Waals surface area contributed by atoms with Crippen molar-refractivity contribution in [2.45, 2.75) is 38.0 Å². The van der Waals surface area contributed by atoms with Gasteiger partial charge in [0.05, 0.1) is 5.25 Å². The third kappa shape index (κ3) is 5.03. The molecule has 0 spiro atoms. The predicted molar refractivity (Wildman–Crippen MR) is 88.0 cm³/mol. The van der Waals surface area contributed by atoms with E-state index in [1.807, 2.05) is 24.3 Å². The van der Waals surface area contributed by atoms with Crippen LogP contribution in [0.4, 0.5) is 4.79 Å². The number of nitrogens with two attached hydrogens (primary N) is 1. The van der Waals surface area contributed by atoms with Crippen LogP contribution in [0.5, 0.6) is 5.75 Å². The molecule has 22 heavy (non-hydrogen) atoms. The second kappa shape index (κ2) is 7.65. The molecule has 2 amide bonds. The Labute approximate surface area is 135 Å². The molecular formula is C16H22N2O3S. The van der Waals surface area contributed by atoms with Crippen LogP contribution in [0.2, 0.25) is 0 Å². The molecule has 1 aliphatic rings. The van der Waals surface area contributed by atoms with Crippen LogP contribution in [0.25, 0.3) is 0 Å². The molecule has 1 unspecified atom stereocenters. The maximum absolute atomic E-state index is 11.5. The predicted octanol–water partition coefficient (Wildman–Crippen LogP) is 2.33. The van der Waals surface area contributed by atoms with Gasteiger partial charge in [0.25, 0.3) is 5.24 Å². The Balaban J connectivity index is 1.83. The molecule has 6 heteroatoms. The second-order valence-corrected chi connectivity index (χ2v) is 7.11. The zero-order valence-electron chi connectivity index (χ0n) is 12.9. The average molecular weight is 322 g/mol. The summed E-state index contributed by atoms with van der Waals surface area (Å²) < 4.78 is 5.67. The summed E-state index contributed by atoms with van der Waals surface area (Å²) in [4.78, 5) is 22.7. The number of rotatable bonds is 7. The molecular weight excluding hydrogens is 300 g/mol. The highest BCUT2D eigenvalue weighted by Crippen LogP contribution is 2.23. The Hall–Kier alpha value is -1.53. The minimum Gasteiger partial charge on any atom is -0.492 e. The van der Waals surface area contributed by atoms with Gasteiger partial charge in [-0.3, -0.25) is 14.9 Å². The van der Waals surface area contributed by atoms with Gasteiger partial charge in [0, 0.05) is 6.04 Å². The minimum absolute atomic E-state index is 0.0317. The van der Waals surface area contributed by atoms with E-state index >= 15 is 0 Å². The van der Waals surface area contributed by atoms with Crippen LogP contribution in [-0.2, 0) is 11.2 Å². The largest absolute Gasteiger partial charge is 0.492 e. The average Bonchev–Trinajstić information content (AvgIpc) is 2.75. The van der Waals surface area contributed by atoms with Crippen LogP contribution in [0, 0.1) is 5.92 Å². The Morgan fingerprint density at radius 1 is 1.27 bits per heavy atom. The van der Waals surface area contributed by atoms with Crippen LogP contribution in [0.3, 0.4) is 0 Å². The maximum Gasteiger partial charge on any atom is 0.286 e. The summed E-state index contributed by atoms with van der Waals surface area (Å²) >= 11 is 1.05. The molecule has 1 saturated heterocycles. The Bertz CT molecular complexity index is 531. The van der Waals surface area contributed by atoms with E-state index in [1.54, 1.807) is 0 Å². The summed E-state index contributed by atoms with van der Waals surface area (Å²) in [6.07, 6.45) is 1.47. The zero-order valence-corrected chi connectivity index (χ0v) is 13.7. The molecule has 0 bridgehead atoms. The first-order valence-corrected chi connectivity index (χ1v) is 8.31. The van der Waals surface area contributed by atoms with Gasteiger partial charge >= 0.3 is 0 Å². The number of benzene rings is 1. The third-order valence-electron chi connectivity index (χ3n) is 3.35. The highest BCUT2D eigenvalue weighted by Gasteiger charge is 2.31. The van der Waals surface area contributed by atoms with Crippen LogP contribution in [-0.4, -0.2) is 29.0 Å². The van der Waals surface area contributed by atoms with Gasteiger partial charge in [-0.05, 0) is 36.5 Å². The van der Waals surface area contributed by atoms with E-state index in [4.69, 9.17) is 10.5 Å². The van der Waals surface area contributed by atoms with E-state index in [0.29, 0.717) is 18.9 Å². The van der Waals surface area contributed by atoms with Crippen molar-refractivity contribution in [3.63, 3.8) is 0 Å². The standard InChI is InChI=1S/C16H22N2O3S/c1-10(2)7-12(17)9-21-13-5-3-11(4-6-13)8-14-15(19)18-16(20)22-14/h3-6,10,12,14H,7-9,17H2,1-2H3,(H,18,19,20)/t12-,14?/m1/s1. The highest BCUT2D eigenvalue weighted by atomic mass is 32.2. The number of hydrogen-bond donors (Lipinski definition) is 2. The van der Waals surface area contributed by atoms with Gasteiger partial charge < -0.3 is 10.5 Å². The number of amides is 2. The fourth-order valence-electron chi connectivity index (χ4n) is 2.34. The smallest absolute Gasteiger partial charge is 0.286 e. The molecule has 0 saturated carbocycles. The van der Waals surface area contributed by atoms with E-state index in [1.165, 1.54) is 0 Å². The molecule has 3 N–H and O–H groups in total. The van der Waals surface area contributed by atoms with Crippen molar-refractivity contribution in [3.8, 4) is 5.75 Å². The van der Waals surface area contributed by atoms with Crippen LogP contribution < -0.4 is 15.8 Å². The third-order valence-corrected chi connectivity index (χ3v) is 4.33. The van der Waals surface area contributed by atoms with Crippen LogP contribution >= 0.6 is 11.8 Å². The SMILES string of the molecule is CC(C)C[C@@H](N)COc1ccc(CC2SC(=O)NC2=O)cc1. The highest BCUT2D eigenvalue weighted by molar-refractivity contribution is 8.15. The molecule has 120 valence electrons. The van der Waals surface area contributed by atoms with E-state index < -0.39 is 0 Å². The van der Waals surface area contributed by atoms with Crippen molar-refractivity contribution in [2.24, 2.45) is 11.7 Å². The number of thioether (sulfide) groups is 1. The van der Waals surface area contributed by atoms with Crippen molar-refractivity contribution in [2.75, 3.05) is 6.61 Å². The Morgan fingerprint density at radius 3 is 2.50 bits per heavy atom. The lowest BCUT2D eigenvalue weighted by molar-refractivity contribution is -0.118. The molecule has 0 aliphatic carbocycles. The number of nitrogens with one attached hydrogen (secondary N) is 1.